The van der Waals surface area contributed by atoms with Gasteiger partial charge in [-0.2, -0.15) is 0 Å². The van der Waals surface area contributed by atoms with Crippen molar-refractivity contribution in [2.45, 2.75) is 0 Å². The first-order valence-electron chi connectivity index (χ1n) is 20.9. The van der Waals surface area contributed by atoms with Crippen molar-refractivity contribution < 1.29 is 4.42 Å². The van der Waals surface area contributed by atoms with Crippen molar-refractivity contribution in [3.05, 3.63) is 231 Å². The maximum atomic E-state index is 7.25. The van der Waals surface area contributed by atoms with Crippen LogP contribution >= 0.6 is 0 Å². The van der Waals surface area contributed by atoms with Gasteiger partial charge in [0.05, 0.1) is 22.4 Å². The van der Waals surface area contributed by atoms with E-state index in [0.717, 1.165) is 72.3 Å². The van der Waals surface area contributed by atoms with E-state index >= 15 is 0 Å². The summed E-state index contributed by atoms with van der Waals surface area (Å²) in [6, 6.07) is 82.7. The topological polar surface area (TPSA) is 21.3 Å². The van der Waals surface area contributed by atoms with Crippen LogP contribution in [0.15, 0.2) is 235 Å². The van der Waals surface area contributed by atoms with E-state index < -0.39 is 0 Å². The molecule has 10 aromatic carbocycles. The number of hydrogen-bond acceptors (Lipinski definition) is 2. The fraction of sp³-hybridized carbons (Fsp3) is 0. The number of rotatable bonds is 7. The molecular weight excluding hydrogens is 741 g/mol. The fourth-order valence-electron chi connectivity index (χ4n) is 9.48. The summed E-state index contributed by atoms with van der Waals surface area (Å²) in [6.45, 7) is 0. The van der Waals surface area contributed by atoms with Crippen LogP contribution in [0.2, 0.25) is 0 Å². The molecule has 0 unspecified atom stereocenters. The van der Waals surface area contributed by atoms with E-state index in [1.165, 1.54) is 38.3 Å². The van der Waals surface area contributed by atoms with E-state index in [0.29, 0.717) is 0 Å². The van der Waals surface area contributed by atoms with Crippen molar-refractivity contribution in [1.29, 1.82) is 0 Å². The Kier molecular flexibility index (Phi) is 8.17. The lowest BCUT2D eigenvalue weighted by atomic mass is 9.94. The standard InChI is InChI=1S/C58H38N2O/c1-4-17-39(18-5-1)40-31-34-44(35-32-40)59(51-29-14-12-24-45(51)41-19-6-2-7-20-41)53-37-36-48(56-55-46-25-11-10-21-42(46)33-38-54(55)61-58(53)56)50-28-16-27-49-47-26-13-15-30-52(47)60(57(49)50)43-22-8-3-9-23-43/h1-38H. The molecule has 12 aromatic rings. The summed E-state index contributed by atoms with van der Waals surface area (Å²) < 4.78 is 9.68. The van der Waals surface area contributed by atoms with Crippen molar-refractivity contribution >= 4 is 71.6 Å². The van der Waals surface area contributed by atoms with Gasteiger partial charge in [0.15, 0.2) is 5.58 Å². The van der Waals surface area contributed by atoms with Crippen LogP contribution < -0.4 is 4.90 Å². The Morgan fingerprint density at radius 1 is 0.361 bits per heavy atom. The second kappa shape index (κ2) is 14.3. The molecule has 3 heteroatoms. The van der Waals surface area contributed by atoms with Gasteiger partial charge in [0.2, 0.25) is 0 Å². The van der Waals surface area contributed by atoms with Gasteiger partial charge >= 0.3 is 0 Å². The molecule has 2 aromatic heterocycles. The fourth-order valence-corrected chi connectivity index (χ4v) is 9.48. The smallest absolute Gasteiger partial charge is 0.160 e. The van der Waals surface area contributed by atoms with Crippen LogP contribution in [0.3, 0.4) is 0 Å². The van der Waals surface area contributed by atoms with Crippen LogP contribution in [-0.4, -0.2) is 4.57 Å². The van der Waals surface area contributed by atoms with Crippen LogP contribution in [0.5, 0.6) is 0 Å². The average molecular weight is 779 g/mol. The molecule has 0 spiro atoms. The highest BCUT2D eigenvalue weighted by Crippen LogP contribution is 2.50. The molecular formula is C58H38N2O. The average Bonchev–Trinajstić information content (AvgIpc) is 3.90. The van der Waals surface area contributed by atoms with E-state index in [1.54, 1.807) is 0 Å². The predicted octanol–water partition coefficient (Wildman–Crippen LogP) is 16.3. The second-order valence-electron chi connectivity index (χ2n) is 15.6. The van der Waals surface area contributed by atoms with E-state index in [9.17, 15) is 0 Å². The van der Waals surface area contributed by atoms with Crippen LogP contribution in [0.25, 0.3) is 93.6 Å². The number of aromatic nitrogens is 1. The summed E-state index contributed by atoms with van der Waals surface area (Å²) in [7, 11) is 0. The third-order valence-electron chi connectivity index (χ3n) is 12.2. The predicted molar refractivity (Wildman–Crippen MR) is 257 cm³/mol. The number of nitrogens with zero attached hydrogens (tertiary/aromatic N) is 2. The van der Waals surface area contributed by atoms with E-state index in [-0.39, 0.29) is 0 Å². The third-order valence-corrected chi connectivity index (χ3v) is 12.2. The molecule has 0 fully saturated rings. The van der Waals surface area contributed by atoms with Crippen molar-refractivity contribution in [2.75, 3.05) is 4.90 Å². The van der Waals surface area contributed by atoms with Crippen molar-refractivity contribution in [2.24, 2.45) is 0 Å². The van der Waals surface area contributed by atoms with Gasteiger partial charge in [0.1, 0.15) is 5.58 Å². The van der Waals surface area contributed by atoms with Crippen LogP contribution in [-0.2, 0) is 0 Å². The number of benzene rings is 10. The van der Waals surface area contributed by atoms with Gasteiger partial charge in [0, 0.05) is 44.0 Å². The van der Waals surface area contributed by atoms with Crippen molar-refractivity contribution in [3.63, 3.8) is 0 Å². The molecule has 0 saturated heterocycles. The Labute approximate surface area is 353 Å². The first-order valence-corrected chi connectivity index (χ1v) is 20.9. The summed E-state index contributed by atoms with van der Waals surface area (Å²) >= 11 is 0. The van der Waals surface area contributed by atoms with E-state index in [4.69, 9.17) is 4.42 Å². The minimum absolute atomic E-state index is 0.832. The minimum atomic E-state index is 0.832. The molecule has 0 radical (unpaired) electrons. The first-order chi connectivity index (χ1) is 30.3. The van der Waals surface area contributed by atoms with Gasteiger partial charge in [-0.15, -0.1) is 0 Å². The molecule has 12 rings (SSSR count). The zero-order chi connectivity index (χ0) is 40.3. The van der Waals surface area contributed by atoms with Crippen LogP contribution in [0.4, 0.5) is 17.1 Å². The Morgan fingerprint density at radius 3 is 1.79 bits per heavy atom. The lowest BCUT2D eigenvalue weighted by Gasteiger charge is -2.28. The molecule has 0 aliphatic heterocycles. The Balaban J connectivity index is 1.19. The van der Waals surface area contributed by atoms with Gasteiger partial charge in [-0.25, -0.2) is 0 Å². The quantitative estimate of drug-likeness (QED) is 0.161. The molecule has 286 valence electrons. The highest BCUT2D eigenvalue weighted by atomic mass is 16.3. The normalized spacial score (nSPS) is 11.6. The number of anilines is 3. The monoisotopic (exact) mass is 778 g/mol. The SMILES string of the molecule is c1ccc(-c2ccc(N(c3ccccc3-c3ccccc3)c3ccc(-c4cccc5c6ccccc6n(-c6ccccc6)c45)c4c3oc3ccc5ccccc5c34)cc2)cc1. The summed E-state index contributed by atoms with van der Waals surface area (Å²) in [6.07, 6.45) is 0. The summed E-state index contributed by atoms with van der Waals surface area (Å²) in [5, 5.41) is 6.97. The lowest BCUT2D eigenvalue weighted by molar-refractivity contribution is 0.669. The van der Waals surface area contributed by atoms with Gasteiger partial charge in [0.25, 0.3) is 0 Å². The number of furan rings is 1. The second-order valence-corrected chi connectivity index (χ2v) is 15.6. The largest absolute Gasteiger partial charge is 0.454 e. The van der Waals surface area contributed by atoms with Crippen LogP contribution in [0.1, 0.15) is 0 Å². The molecule has 61 heavy (non-hydrogen) atoms. The summed E-state index contributed by atoms with van der Waals surface area (Å²) in [5.74, 6) is 0. The molecule has 0 aliphatic carbocycles. The maximum absolute atomic E-state index is 7.25. The first kappa shape index (κ1) is 34.9. The van der Waals surface area contributed by atoms with Gasteiger partial charge in [-0.3, -0.25) is 0 Å². The van der Waals surface area contributed by atoms with Crippen molar-refractivity contribution in [3.8, 4) is 39.1 Å². The Bertz CT molecular complexity index is 3570. The zero-order valence-electron chi connectivity index (χ0n) is 33.2. The summed E-state index contributed by atoms with van der Waals surface area (Å²) in [4.78, 5) is 2.38. The summed E-state index contributed by atoms with van der Waals surface area (Å²) in [5.41, 5.74) is 15.1. The number of hydrogen-bond donors (Lipinski definition) is 0. The van der Waals surface area contributed by atoms with E-state index in [1.807, 2.05) is 0 Å². The maximum Gasteiger partial charge on any atom is 0.160 e. The van der Waals surface area contributed by atoms with Crippen molar-refractivity contribution in [1.82, 2.24) is 4.57 Å². The molecule has 0 amide bonds. The molecule has 0 bridgehead atoms. The Morgan fingerprint density at radius 2 is 0.984 bits per heavy atom. The molecule has 3 nitrogen and oxygen atoms in total. The van der Waals surface area contributed by atoms with E-state index in [2.05, 4.69) is 240 Å². The minimum Gasteiger partial charge on any atom is -0.454 e. The zero-order valence-corrected chi connectivity index (χ0v) is 33.2. The number of fused-ring (bicyclic) bond motifs is 8. The highest BCUT2D eigenvalue weighted by Gasteiger charge is 2.26. The lowest BCUT2D eigenvalue weighted by Crippen LogP contribution is -2.11. The van der Waals surface area contributed by atoms with Gasteiger partial charge < -0.3 is 13.9 Å². The van der Waals surface area contributed by atoms with Gasteiger partial charge in [-0.1, -0.05) is 182 Å². The molecule has 0 aliphatic rings. The molecule has 0 atom stereocenters. The highest BCUT2D eigenvalue weighted by molar-refractivity contribution is 6.27. The molecule has 0 N–H and O–H groups in total. The number of para-hydroxylation sites is 4. The third kappa shape index (κ3) is 5.66. The Hall–Kier alpha value is -8.14. The van der Waals surface area contributed by atoms with Gasteiger partial charge in [-0.05, 0) is 81.6 Å². The molecule has 2 heterocycles. The van der Waals surface area contributed by atoms with Crippen LogP contribution in [0, 0.1) is 0 Å². The molecule has 0 saturated carbocycles.